The third kappa shape index (κ3) is 2.94. The van der Waals surface area contributed by atoms with Gasteiger partial charge in [-0.05, 0) is 36.8 Å². The van der Waals surface area contributed by atoms with Gasteiger partial charge in [0.25, 0.3) is 0 Å². The topological polar surface area (TPSA) is 25.2 Å². The Morgan fingerprint density at radius 3 is 2.60 bits per heavy atom. The summed E-state index contributed by atoms with van der Waals surface area (Å²) < 4.78 is 6.91. The highest BCUT2D eigenvalue weighted by molar-refractivity contribution is 9.10. The van der Waals surface area contributed by atoms with Crippen molar-refractivity contribution in [3.63, 3.8) is 0 Å². The number of hydrogen-bond donors (Lipinski definition) is 1. The first kappa shape index (κ1) is 13.4. The average molecular weight is 330 g/mol. The van der Waals surface area contributed by atoms with E-state index in [-0.39, 0.29) is 6.04 Å². The van der Waals surface area contributed by atoms with Crippen LogP contribution in [0.1, 0.15) is 24.3 Å². The molecule has 1 aromatic heterocycles. The molecule has 0 aliphatic carbocycles. The van der Waals surface area contributed by atoms with Crippen molar-refractivity contribution in [3.05, 3.63) is 70.4 Å². The van der Waals surface area contributed by atoms with Gasteiger partial charge in [-0.2, -0.15) is 0 Å². The lowest BCUT2D eigenvalue weighted by molar-refractivity contribution is 0.482. The summed E-state index contributed by atoms with van der Waals surface area (Å²) >= 11 is 3.45. The summed E-state index contributed by atoms with van der Waals surface area (Å²) in [5, 5.41) is 4.64. The minimum absolute atomic E-state index is 0.288. The van der Waals surface area contributed by atoms with Crippen LogP contribution in [0.4, 0.5) is 0 Å². The van der Waals surface area contributed by atoms with E-state index in [4.69, 9.17) is 4.42 Å². The van der Waals surface area contributed by atoms with Crippen LogP contribution in [0.3, 0.4) is 0 Å². The fourth-order valence-corrected chi connectivity index (χ4v) is 2.51. The Morgan fingerprint density at radius 1 is 1.10 bits per heavy atom. The molecule has 102 valence electrons. The molecule has 1 atom stereocenters. The molecular formula is C17H16BrNO. The van der Waals surface area contributed by atoms with E-state index in [9.17, 15) is 0 Å². The second-order valence-electron chi connectivity index (χ2n) is 4.90. The number of fused-ring (bicyclic) bond motifs is 1. The largest absolute Gasteiger partial charge is 0.460 e. The van der Waals surface area contributed by atoms with Crippen molar-refractivity contribution in [2.45, 2.75) is 19.5 Å². The third-order valence-corrected chi connectivity index (χ3v) is 3.96. The number of hydrogen-bond acceptors (Lipinski definition) is 2. The van der Waals surface area contributed by atoms with Crippen molar-refractivity contribution in [3.8, 4) is 0 Å². The van der Waals surface area contributed by atoms with Crippen LogP contribution in [-0.2, 0) is 6.54 Å². The molecule has 0 amide bonds. The molecule has 1 heterocycles. The fraction of sp³-hybridized carbons (Fsp3) is 0.176. The summed E-state index contributed by atoms with van der Waals surface area (Å²) in [7, 11) is 0. The zero-order valence-corrected chi connectivity index (χ0v) is 12.9. The van der Waals surface area contributed by atoms with Gasteiger partial charge in [0.1, 0.15) is 11.3 Å². The molecule has 2 aromatic carbocycles. The Morgan fingerprint density at radius 2 is 1.85 bits per heavy atom. The molecular weight excluding hydrogens is 314 g/mol. The Labute approximate surface area is 126 Å². The Balaban J connectivity index is 1.68. The molecule has 2 nitrogen and oxygen atoms in total. The van der Waals surface area contributed by atoms with Gasteiger partial charge in [0, 0.05) is 15.9 Å². The molecule has 0 aliphatic heterocycles. The molecule has 0 unspecified atom stereocenters. The van der Waals surface area contributed by atoms with Gasteiger partial charge in [-0.15, -0.1) is 0 Å². The summed E-state index contributed by atoms with van der Waals surface area (Å²) in [6.07, 6.45) is 0. The summed E-state index contributed by atoms with van der Waals surface area (Å²) in [6, 6.07) is 18.8. The van der Waals surface area contributed by atoms with Crippen LogP contribution in [0.25, 0.3) is 11.0 Å². The van der Waals surface area contributed by atoms with Crippen LogP contribution in [0, 0.1) is 0 Å². The predicted molar refractivity (Wildman–Crippen MR) is 85.6 cm³/mol. The van der Waals surface area contributed by atoms with Crippen LogP contribution in [0.2, 0.25) is 0 Å². The number of rotatable bonds is 4. The van der Waals surface area contributed by atoms with Crippen molar-refractivity contribution in [2.24, 2.45) is 0 Å². The highest BCUT2D eigenvalue weighted by atomic mass is 79.9. The molecule has 0 radical (unpaired) electrons. The molecule has 0 aliphatic rings. The Kier molecular flexibility index (Phi) is 3.90. The van der Waals surface area contributed by atoms with Gasteiger partial charge < -0.3 is 9.73 Å². The van der Waals surface area contributed by atoms with E-state index in [2.05, 4.69) is 64.6 Å². The van der Waals surface area contributed by atoms with Gasteiger partial charge in [0.05, 0.1) is 6.54 Å². The lowest BCUT2D eigenvalue weighted by Gasteiger charge is -2.13. The molecule has 0 spiro atoms. The normalized spacial score (nSPS) is 12.7. The van der Waals surface area contributed by atoms with Crippen LogP contribution in [-0.4, -0.2) is 0 Å². The van der Waals surface area contributed by atoms with Crippen molar-refractivity contribution in [1.82, 2.24) is 5.32 Å². The second kappa shape index (κ2) is 5.81. The van der Waals surface area contributed by atoms with Gasteiger partial charge in [-0.3, -0.25) is 0 Å². The molecule has 3 rings (SSSR count). The summed E-state index contributed by atoms with van der Waals surface area (Å²) in [4.78, 5) is 0. The van der Waals surface area contributed by atoms with E-state index in [0.717, 1.165) is 27.7 Å². The number of benzene rings is 2. The maximum atomic E-state index is 5.80. The minimum atomic E-state index is 0.288. The van der Waals surface area contributed by atoms with Crippen LogP contribution in [0.5, 0.6) is 0 Å². The lowest BCUT2D eigenvalue weighted by atomic mass is 10.1. The highest BCUT2D eigenvalue weighted by Gasteiger charge is 2.07. The molecule has 0 saturated heterocycles. The molecule has 1 N–H and O–H groups in total. The molecule has 20 heavy (non-hydrogen) atoms. The van der Waals surface area contributed by atoms with Gasteiger partial charge in [0.2, 0.25) is 0 Å². The zero-order valence-electron chi connectivity index (χ0n) is 11.3. The summed E-state index contributed by atoms with van der Waals surface area (Å²) in [5.74, 6) is 0.968. The van der Waals surface area contributed by atoms with E-state index in [1.165, 1.54) is 5.56 Å². The fourth-order valence-electron chi connectivity index (χ4n) is 2.25. The van der Waals surface area contributed by atoms with Crippen molar-refractivity contribution < 1.29 is 4.42 Å². The van der Waals surface area contributed by atoms with Crippen LogP contribution in [0.15, 0.2) is 63.5 Å². The standard InChI is InChI=1S/C17H16BrNO/c1-12(13-6-8-15(18)9-7-13)19-11-16-10-14-4-2-3-5-17(14)20-16/h2-10,12,19H,11H2,1H3/t12-/m0/s1. The third-order valence-electron chi connectivity index (χ3n) is 3.43. The highest BCUT2D eigenvalue weighted by Crippen LogP contribution is 2.20. The number of furan rings is 1. The van der Waals surface area contributed by atoms with E-state index in [1.807, 2.05) is 18.2 Å². The molecule has 0 bridgehead atoms. The van der Waals surface area contributed by atoms with Crippen LogP contribution < -0.4 is 5.32 Å². The Bertz CT molecular complexity index is 669. The average Bonchev–Trinajstić information content (AvgIpc) is 2.88. The maximum Gasteiger partial charge on any atom is 0.134 e. The van der Waals surface area contributed by atoms with Gasteiger partial charge in [0.15, 0.2) is 0 Å². The smallest absolute Gasteiger partial charge is 0.134 e. The second-order valence-corrected chi connectivity index (χ2v) is 5.82. The first-order valence-electron chi connectivity index (χ1n) is 6.69. The van der Waals surface area contributed by atoms with E-state index in [1.54, 1.807) is 0 Å². The molecule has 3 heteroatoms. The van der Waals surface area contributed by atoms with Gasteiger partial charge in [-0.1, -0.05) is 46.3 Å². The summed E-state index contributed by atoms with van der Waals surface area (Å²) in [5.41, 5.74) is 2.21. The number of nitrogens with one attached hydrogen (secondary N) is 1. The first-order chi connectivity index (χ1) is 9.72. The minimum Gasteiger partial charge on any atom is -0.460 e. The molecule has 3 aromatic rings. The van der Waals surface area contributed by atoms with Crippen LogP contribution >= 0.6 is 15.9 Å². The monoisotopic (exact) mass is 329 g/mol. The van der Waals surface area contributed by atoms with Gasteiger partial charge >= 0.3 is 0 Å². The zero-order chi connectivity index (χ0) is 13.9. The lowest BCUT2D eigenvalue weighted by Crippen LogP contribution is -2.17. The Hall–Kier alpha value is -1.58. The SMILES string of the molecule is C[C@H](NCc1cc2ccccc2o1)c1ccc(Br)cc1. The van der Waals surface area contributed by atoms with E-state index in [0.29, 0.717) is 0 Å². The van der Waals surface area contributed by atoms with Crippen molar-refractivity contribution in [1.29, 1.82) is 0 Å². The van der Waals surface area contributed by atoms with Crippen molar-refractivity contribution in [2.75, 3.05) is 0 Å². The predicted octanol–water partition coefficient (Wildman–Crippen LogP) is 5.05. The number of halogens is 1. The maximum absolute atomic E-state index is 5.80. The molecule has 0 saturated carbocycles. The van der Waals surface area contributed by atoms with Gasteiger partial charge in [-0.25, -0.2) is 0 Å². The van der Waals surface area contributed by atoms with E-state index >= 15 is 0 Å². The summed E-state index contributed by atoms with van der Waals surface area (Å²) in [6.45, 7) is 2.89. The number of para-hydroxylation sites is 1. The first-order valence-corrected chi connectivity index (χ1v) is 7.48. The van der Waals surface area contributed by atoms with E-state index < -0.39 is 0 Å². The van der Waals surface area contributed by atoms with Crippen molar-refractivity contribution >= 4 is 26.9 Å². The molecule has 0 fully saturated rings. The quantitative estimate of drug-likeness (QED) is 0.724.